The molecule has 1 atom stereocenters. The van der Waals surface area contributed by atoms with Gasteiger partial charge in [-0.25, -0.2) is 0 Å². The summed E-state index contributed by atoms with van der Waals surface area (Å²) >= 11 is 0. The van der Waals surface area contributed by atoms with Crippen LogP contribution in [0.3, 0.4) is 0 Å². The highest BCUT2D eigenvalue weighted by Gasteiger charge is 2.05. The van der Waals surface area contributed by atoms with Crippen molar-refractivity contribution in [2.75, 3.05) is 0 Å². The van der Waals surface area contributed by atoms with Crippen molar-refractivity contribution >= 4 is 5.71 Å². The molecule has 0 aliphatic carbocycles. The van der Waals surface area contributed by atoms with Crippen LogP contribution in [-0.2, 0) is 4.84 Å². The third-order valence-corrected chi connectivity index (χ3v) is 1.53. The average molecular weight is 205 g/mol. The molecule has 0 spiro atoms. The van der Waals surface area contributed by atoms with Gasteiger partial charge < -0.3 is 9.57 Å². The molecule has 0 saturated carbocycles. The first kappa shape index (κ1) is 11.3. The average Bonchev–Trinajstić information content (AvgIpc) is 2.25. The zero-order chi connectivity index (χ0) is 11.1. The highest BCUT2D eigenvalue weighted by atomic mass is 16.8. The van der Waals surface area contributed by atoms with E-state index in [4.69, 9.17) is 9.57 Å². The van der Waals surface area contributed by atoms with Crippen molar-refractivity contribution in [1.29, 1.82) is 0 Å². The molecule has 15 heavy (non-hydrogen) atoms. The van der Waals surface area contributed by atoms with Gasteiger partial charge >= 0.3 is 0 Å². The fourth-order valence-electron chi connectivity index (χ4n) is 0.903. The molecule has 0 bridgehead atoms. The van der Waals surface area contributed by atoms with Crippen LogP contribution in [0.4, 0.5) is 0 Å². The molecule has 0 saturated heterocycles. The van der Waals surface area contributed by atoms with Gasteiger partial charge in [-0.15, -0.1) is 0 Å². The molecular weight excluding hydrogens is 190 g/mol. The van der Waals surface area contributed by atoms with Gasteiger partial charge in [0.1, 0.15) is 5.75 Å². The van der Waals surface area contributed by atoms with Crippen LogP contribution >= 0.6 is 0 Å². The topological polar surface area (TPSA) is 30.8 Å². The number of benzene rings is 1. The van der Waals surface area contributed by atoms with Crippen LogP contribution in [0.2, 0.25) is 0 Å². The second-order valence-electron chi connectivity index (χ2n) is 3.18. The van der Waals surface area contributed by atoms with Crippen molar-refractivity contribution in [3.63, 3.8) is 0 Å². The van der Waals surface area contributed by atoms with Crippen molar-refractivity contribution in [2.45, 2.75) is 20.1 Å². The summed E-state index contributed by atoms with van der Waals surface area (Å²) < 4.78 is 5.47. The Bertz CT molecular complexity index is 329. The Labute approximate surface area is 90.0 Å². The number of hydrogen-bond acceptors (Lipinski definition) is 3. The molecule has 0 aliphatic heterocycles. The minimum Gasteiger partial charge on any atom is -0.449 e. The third kappa shape index (κ3) is 4.31. The van der Waals surface area contributed by atoms with Gasteiger partial charge in [0.25, 0.3) is 6.29 Å². The van der Waals surface area contributed by atoms with E-state index in [2.05, 4.69) is 11.7 Å². The van der Waals surface area contributed by atoms with Gasteiger partial charge in [0.15, 0.2) is 0 Å². The number of oxime groups is 1. The van der Waals surface area contributed by atoms with Gasteiger partial charge in [0.2, 0.25) is 0 Å². The van der Waals surface area contributed by atoms with E-state index >= 15 is 0 Å². The Morgan fingerprint density at radius 1 is 1.33 bits per heavy atom. The standard InChI is InChI=1S/C12H15NO2/c1-4-12(15-13-10(2)3)14-11-8-6-5-7-9-11/h4-9,12H,1H2,2-3H3. The van der Waals surface area contributed by atoms with Gasteiger partial charge in [-0.3, -0.25) is 0 Å². The van der Waals surface area contributed by atoms with Crippen molar-refractivity contribution in [3.05, 3.63) is 43.0 Å². The first-order valence-corrected chi connectivity index (χ1v) is 4.73. The van der Waals surface area contributed by atoms with Gasteiger partial charge in [0, 0.05) is 0 Å². The summed E-state index contributed by atoms with van der Waals surface area (Å²) in [6.07, 6.45) is 1.00. The zero-order valence-electron chi connectivity index (χ0n) is 9.01. The fourth-order valence-corrected chi connectivity index (χ4v) is 0.903. The summed E-state index contributed by atoms with van der Waals surface area (Å²) in [6.45, 7) is 7.32. The lowest BCUT2D eigenvalue weighted by Crippen LogP contribution is -2.15. The Morgan fingerprint density at radius 3 is 2.53 bits per heavy atom. The maximum Gasteiger partial charge on any atom is 0.284 e. The SMILES string of the molecule is C=CC(ON=C(C)C)Oc1ccccc1. The molecule has 0 aromatic heterocycles. The summed E-state index contributed by atoms with van der Waals surface area (Å²) in [4.78, 5) is 5.10. The molecule has 80 valence electrons. The molecule has 1 unspecified atom stereocenters. The largest absolute Gasteiger partial charge is 0.449 e. The molecule has 1 aromatic rings. The van der Waals surface area contributed by atoms with Crippen LogP contribution in [0.5, 0.6) is 5.75 Å². The van der Waals surface area contributed by atoms with E-state index in [0.717, 1.165) is 11.5 Å². The molecule has 0 amide bonds. The number of rotatable bonds is 5. The number of hydrogen-bond donors (Lipinski definition) is 0. The highest BCUT2D eigenvalue weighted by molar-refractivity contribution is 5.78. The normalized spacial score (nSPS) is 11.3. The monoisotopic (exact) mass is 205 g/mol. The predicted molar refractivity (Wildman–Crippen MR) is 60.9 cm³/mol. The molecule has 0 aliphatic rings. The summed E-state index contributed by atoms with van der Waals surface area (Å²) in [6, 6.07) is 9.41. The maximum atomic E-state index is 5.47. The lowest BCUT2D eigenvalue weighted by Gasteiger charge is -2.13. The number of nitrogens with zero attached hydrogens (tertiary/aromatic N) is 1. The summed E-state index contributed by atoms with van der Waals surface area (Å²) in [5, 5.41) is 3.81. The summed E-state index contributed by atoms with van der Waals surface area (Å²) in [7, 11) is 0. The first-order valence-electron chi connectivity index (χ1n) is 4.73. The third-order valence-electron chi connectivity index (χ3n) is 1.53. The van der Waals surface area contributed by atoms with Gasteiger partial charge in [-0.05, 0) is 32.1 Å². The summed E-state index contributed by atoms with van der Waals surface area (Å²) in [5.41, 5.74) is 0.832. The van der Waals surface area contributed by atoms with Crippen molar-refractivity contribution in [1.82, 2.24) is 0 Å². The molecule has 0 radical (unpaired) electrons. The van der Waals surface area contributed by atoms with E-state index in [-0.39, 0.29) is 0 Å². The van der Waals surface area contributed by atoms with E-state index in [1.165, 1.54) is 0 Å². The Balaban J connectivity index is 2.54. The lowest BCUT2D eigenvalue weighted by atomic mass is 10.3. The number of ether oxygens (including phenoxy) is 1. The maximum absolute atomic E-state index is 5.47. The zero-order valence-corrected chi connectivity index (χ0v) is 9.01. The molecule has 0 heterocycles. The van der Waals surface area contributed by atoms with Crippen molar-refractivity contribution in [3.8, 4) is 5.75 Å². The molecule has 1 rings (SSSR count). The van der Waals surface area contributed by atoms with Crippen LogP contribution in [0.15, 0.2) is 48.1 Å². The lowest BCUT2D eigenvalue weighted by molar-refractivity contribution is -0.0437. The fraction of sp³-hybridized carbons (Fsp3) is 0.250. The molecule has 1 aromatic carbocycles. The van der Waals surface area contributed by atoms with Crippen molar-refractivity contribution < 1.29 is 9.57 Å². The predicted octanol–water partition coefficient (Wildman–Crippen LogP) is 2.99. The second kappa shape index (κ2) is 5.86. The molecule has 0 N–H and O–H groups in total. The first-order chi connectivity index (χ1) is 7.22. The minimum atomic E-state index is -0.553. The smallest absolute Gasteiger partial charge is 0.284 e. The van der Waals surface area contributed by atoms with E-state index in [9.17, 15) is 0 Å². The van der Waals surface area contributed by atoms with Gasteiger partial charge in [0.05, 0.1) is 5.71 Å². The Hall–Kier alpha value is -1.77. The van der Waals surface area contributed by atoms with E-state index < -0.39 is 6.29 Å². The highest BCUT2D eigenvalue weighted by Crippen LogP contribution is 2.12. The molecule has 3 heteroatoms. The van der Waals surface area contributed by atoms with Crippen LogP contribution in [-0.4, -0.2) is 12.0 Å². The van der Waals surface area contributed by atoms with E-state index in [1.807, 2.05) is 44.2 Å². The molecular formula is C12H15NO2. The van der Waals surface area contributed by atoms with Crippen LogP contribution in [0.25, 0.3) is 0 Å². The second-order valence-corrected chi connectivity index (χ2v) is 3.18. The van der Waals surface area contributed by atoms with Gasteiger partial charge in [-0.1, -0.05) is 29.9 Å². The van der Waals surface area contributed by atoms with Gasteiger partial charge in [-0.2, -0.15) is 0 Å². The van der Waals surface area contributed by atoms with Crippen LogP contribution in [0, 0.1) is 0 Å². The Morgan fingerprint density at radius 2 is 2.00 bits per heavy atom. The van der Waals surface area contributed by atoms with Crippen LogP contribution < -0.4 is 4.74 Å². The van der Waals surface area contributed by atoms with E-state index in [1.54, 1.807) is 6.08 Å². The van der Waals surface area contributed by atoms with E-state index in [0.29, 0.717) is 0 Å². The molecule has 3 nitrogen and oxygen atoms in total. The molecule has 0 fully saturated rings. The quantitative estimate of drug-likeness (QED) is 0.320. The number of para-hydroxylation sites is 1. The minimum absolute atomic E-state index is 0.553. The van der Waals surface area contributed by atoms with Crippen molar-refractivity contribution in [2.24, 2.45) is 5.16 Å². The summed E-state index contributed by atoms with van der Waals surface area (Å²) in [5.74, 6) is 0.728. The van der Waals surface area contributed by atoms with Crippen LogP contribution in [0.1, 0.15) is 13.8 Å². The Kier molecular flexibility index (Phi) is 4.41.